The first kappa shape index (κ1) is 26.1. The van der Waals surface area contributed by atoms with Gasteiger partial charge in [-0.1, -0.05) is 44.5 Å². The Balaban J connectivity index is 1.48. The van der Waals surface area contributed by atoms with Crippen molar-refractivity contribution in [3.63, 3.8) is 0 Å². The van der Waals surface area contributed by atoms with Crippen molar-refractivity contribution in [3.8, 4) is 5.75 Å². The number of piperidine rings is 1. The normalized spacial score (nSPS) is 21.7. The molecule has 0 bridgehead atoms. The van der Waals surface area contributed by atoms with Crippen LogP contribution in [0.4, 0.5) is 4.39 Å². The first-order valence-electron chi connectivity index (χ1n) is 13.1. The molecule has 2 aliphatic heterocycles. The van der Waals surface area contributed by atoms with Crippen LogP contribution in [0.5, 0.6) is 5.75 Å². The Hall–Kier alpha value is -2.93. The fourth-order valence-electron chi connectivity index (χ4n) is 5.19. The summed E-state index contributed by atoms with van der Waals surface area (Å²) in [6.07, 6.45) is 3.97. The van der Waals surface area contributed by atoms with Crippen LogP contribution in [-0.4, -0.2) is 49.0 Å². The molecule has 0 unspecified atom stereocenters. The summed E-state index contributed by atoms with van der Waals surface area (Å²) in [6, 6.07) is 13.8. The van der Waals surface area contributed by atoms with E-state index in [1.807, 2.05) is 18.2 Å². The molecule has 2 amide bonds. The maximum atomic E-state index is 13.8. The second kappa shape index (κ2) is 11.9. The van der Waals surface area contributed by atoms with Crippen LogP contribution in [0.2, 0.25) is 0 Å². The topological polar surface area (TPSA) is 70.7 Å². The number of fused-ring (bicyclic) bond motifs is 1. The molecule has 0 radical (unpaired) electrons. The molecule has 1 saturated heterocycles. The predicted octanol–water partition coefficient (Wildman–Crippen LogP) is 4.54. The number of nitrogens with zero attached hydrogens (tertiary/aromatic N) is 1. The highest BCUT2D eigenvalue weighted by molar-refractivity contribution is 5.96. The van der Waals surface area contributed by atoms with Crippen molar-refractivity contribution in [2.75, 3.05) is 26.2 Å². The van der Waals surface area contributed by atoms with Crippen molar-refractivity contribution in [1.29, 1.82) is 0 Å². The standard InChI is InChI=1S/C29H38FN3O3/c1-21(2)25-20-36-26-11-4-3-10-24(26)27(34)31-15-6-5-12-29(28(35)32-25)13-16-33(17-14-29)19-22-8-7-9-23(30)18-22/h3-4,7-11,18,21,25H,5-6,12-17,19-20H2,1-2H3,(H,31,34)(H,32,35)/t25-/m1/s1. The van der Waals surface area contributed by atoms with Crippen molar-refractivity contribution >= 4 is 11.8 Å². The monoisotopic (exact) mass is 495 g/mol. The van der Waals surface area contributed by atoms with E-state index in [9.17, 15) is 14.0 Å². The van der Waals surface area contributed by atoms with Crippen LogP contribution in [0.1, 0.15) is 61.9 Å². The van der Waals surface area contributed by atoms with Gasteiger partial charge in [0, 0.05) is 13.1 Å². The number of amides is 2. The third-order valence-electron chi connectivity index (χ3n) is 7.63. The predicted molar refractivity (Wildman–Crippen MR) is 138 cm³/mol. The van der Waals surface area contributed by atoms with Crippen LogP contribution in [0.25, 0.3) is 0 Å². The summed E-state index contributed by atoms with van der Waals surface area (Å²) in [7, 11) is 0. The molecule has 194 valence electrons. The van der Waals surface area contributed by atoms with Gasteiger partial charge < -0.3 is 15.4 Å². The minimum absolute atomic E-state index is 0.101. The van der Waals surface area contributed by atoms with E-state index >= 15 is 0 Å². The molecule has 0 saturated carbocycles. The van der Waals surface area contributed by atoms with Crippen LogP contribution >= 0.6 is 0 Å². The van der Waals surface area contributed by atoms with Crippen LogP contribution in [0.15, 0.2) is 48.5 Å². The van der Waals surface area contributed by atoms with E-state index in [1.54, 1.807) is 24.3 Å². The lowest BCUT2D eigenvalue weighted by atomic mass is 9.73. The molecule has 2 aliphatic rings. The zero-order chi connectivity index (χ0) is 25.5. The number of para-hydroxylation sites is 1. The molecule has 2 N–H and O–H groups in total. The Bertz CT molecular complexity index is 1050. The number of carbonyl (C=O) groups is 2. The van der Waals surface area contributed by atoms with Crippen molar-refractivity contribution in [2.24, 2.45) is 11.3 Å². The van der Waals surface area contributed by atoms with Gasteiger partial charge in [-0.15, -0.1) is 0 Å². The van der Waals surface area contributed by atoms with Gasteiger partial charge in [-0.2, -0.15) is 0 Å². The van der Waals surface area contributed by atoms with E-state index in [1.165, 1.54) is 6.07 Å². The van der Waals surface area contributed by atoms with Crippen LogP contribution in [-0.2, 0) is 11.3 Å². The molecule has 1 spiro atoms. The lowest BCUT2D eigenvalue weighted by Gasteiger charge is -2.42. The van der Waals surface area contributed by atoms with Gasteiger partial charge in [0.2, 0.25) is 5.91 Å². The van der Waals surface area contributed by atoms with E-state index in [0.717, 1.165) is 50.8 Å². The average Bonchev–Trinajstić information content (AvgIpc) is 2.86. The highest BCUT2D eigenvalue weighted by Gasteiger charge is 2.41. The first-order valence-corrected chi connectivity index (χ1v) is 13.1. The molecule has 1 fully saturated rings. The fraction of sp³-hybridized carbons (Fsp3) is 0.517. The first-order chi connectivity index (χ1) is 17.4. The van der Waals surface area contributed by atoms with Gasteiger partial charge in [0.1, 0.15) is 18.2 Å². The van der Waals surface area contributed by atoms with Gasteiger partial charge in [0.05, 0.1) is 17.0 Å². The Morgan fingerprint density at radius 1 is 1.06 bits per heavy atom. The second-order valence-electron chi connectivity index (χ2n) is 10.5. The summed E-state index contributed by atoms with van der Waals surface area (Å²) in [4.78, 5) is 28.8. The van der Waals surface area contributed by atoms with Gasteiger partial charge in [-0.25, -0.2) is 4.39 Å². The number of carbonyl (C=O) groups excluding carboxylic acids is 2. The number of hydrogen-bond acceptors (Lipinski definition) is 4. The molecule has 36 heavy (non-hydrogen) atoms. The van der Waals surface area contributed by atoms with Gasteiger partial charge in [-0.05, 0) is 74.5 Å². The Kier molecular flexibility index (Phi) is 8.62. The van der Waals surface area contributed by atoms with Gasteiger partial charge in [0.25, 0.3) is 5.91 Å². The summed E-state index contributed by atoms with van der Waals surface area (Å²) >= 11 is 0. The molecule has 1 atom stereocenters. The van der Waals surface area contributed by atoms with Crippen molar-refractivity contribution < 1.29 is 18.7 Å². The summed E-state index contributed by atoms with van der Waals surface area (Å²) in [6.45, 7) is 7.27. The lowest BCUT2D eigenvalue weighted by Crippen LogP contribution is -2.53. The van der Waals surface area contributed by atoms with Gasteiger partial charge in [0.15, 0.2) is 0 Å². The third-order valence-corrected chi connectivity index (χ3v) is 7.63. The van der Waals surface area contributed by atoms with Gasteiger partial charge >= 0.3 is 0 Å². The minimum Gasteiger partial charge on any atom is -0.491 e. The Labute approximate surface area is 213 Å². The maximum absolute atomic E-state index is 13.8. The number of hydrogen-bond donors (Lipinski definition) is 2. The van der Waals surface area contributed by atoms with Crippen LogP contribution in [0.3, 0.4) is 0 Å². The molecule has 2 heterocycles. The molecule has 2 aromatic carbocycles. The molecule has 4 rings (SSSR count). The average molecular weight is 496 g/mol. The summed E-state index contributed by atoms with van der Waals surface area (Å²) in [5.41, 5.74) is 1.03. The molecule has 7 heteroatoms. The zero-order valence-electron chi connectivity index (χ0n) is 21.4. The Morgan fingerprint density at radius 2 is 1.83 bits per heavy atom. The van der Waals surface area contributed by atoms with E-state index in [2.05, 4.69) is 29.4 Å². The molecule has 0 aliphatic carbocycles. The van der Waals surface area contributed by atoms with Gasteiger partial charge in [-0.3, -0.25) is 14.5 Å². The van der Waals surface area contributed by atoms with Crippen molar-refractivity contribution in [1.82, 2.24) is 15.5 Å². The molecule has 2 aromatic rings. The lowest BCUT2D eigenvalue weighted by molar-refractivity contribution is -0.136. The van der Waals surface area contributed by atoms with E-state index in [0.29, 0.717) is 31.0 Å². The third kappa shape index (κ3) is 6.44. The van der Waals surface area contributed by atoms with Crippen LogP contribution < -0.4 is 15.4 Å². The largest absolute Gasteiger partial charge is 0.491 e. The van der Waals surface area contributed by atoms with E-state index in [-0.39, 0.29) is 29.6 Å². The van der Waals surface area contributed by atoms with Crippen molar-refractivity contribution in [2.45, 2.75) is 58.5 Å². The molecule has 0 aromatic heterocycles. The minimum atomic E-state index is -0.447. The molecular formula is C29H38FN3O3. The smallest absolute Gasteiger partial charge is 0.255 e. The fourth-order valence-corrected chi connectivity index (χ4v) is 5.19. The van der Waals surface area contributed by atoms with Crippen molar-refractivity contribution in [3.05, 3.63) is 65.5 Å². The summed E-state index contributed by atoms with van der Waals surface area (Å²) in [5, 5.41) is 6.32. The number of ether oxygens (including phenoxy) is 1. The second-order valence-corrected chi connectivity index (χ2v) is 10.5. The quantitative estimate of drug-likeness (QED) is 0.656. The summed E-state index contributed by atoms with van der Waals surface area (Å²) in [5.74, 6) is 0.459. The Morgan fingerprint density at radius 3 is 2.58 bits per heavy atom. The molecule has 6 nitrogen and oxygen atoms in total. The summed E-state index contributed by atoms with van der Waals surface area (Å²) < 4.78 is 19.7. The maximum Gasteiger partial charge on any atom is 0.255 e. The number of nitrogens with one attached hydrogen (secondary N) is 2. The number of rotatable bonds is 3. The van der Waals surface area contributed by atoms with Crippen LogP contribution in [0, 0.1) is 17.2 Å². The number of halogens is 1. The molecular weight excluding hydrogens is 457 g/mol. The van der Waals surface area contributed by atoms with E-state index in [4.69, 9.17) is 4.74 Å². The number of benzene rings is 2. The van der Waals surface area contributed by atoms with E-state index < -0.39 is 5.41 Å². The SMILES string of the molecule is CC(C)[C@H]1COc2ccccc2C(=O)NCCCCC2(CCN(Cc3cccc(F)c3)CC2)C(=O)N1. The number of likely N-dealkylation sites (tertiary alicyclic amines) is 1. The highest BCUT2D eigenvalue weighted by Crippen LogP contribution is 2.38. The zero-order valence-corrected chi connectivity index (χ0v) is 21.4. The highest BCUT2D eigenvalue weighted by atomic mass is 19.1.